The molecule has 5 heteroatoms. The quantitative estimate of drug-likeness (QED) is 0.856. The van der Waals surface area contributed by atoms with Crippen LogP contribution in [0.2, 0.25) is 0 Å². The maximum atomic E-state index is 11.8. The van der Waals surface area contributed by atoms with E-state index in [9.17, 15) is 9.59 Å². The van der Waals surface area contributed by atoms with E-state index in [0.29, 0.717) is 24.1 Å². The lowest BCUT2D eigenvalue weighted by Crippen LogP contribution is -2.12. The number of methoxy groups -OCH3 is 1. The molecule has 1 aromatic heterocycles. The van der Waals surface area contributed by atoms with E-state index >= 15 is 0 Å². The van der Waals surface area contributed by atoms with Crippen molar-refractivity contribution in [3.8, 4) is 0 Å². The van der Waals surface area contributed by atoms with Gasteiger partial charge in [-0.15, -0.1) is 0 Å². The van der Waals surface area contributed by atoms with Crippen molar-refractivity contribution >= 4 is 17.6 Å². The Morgan fingerprint density at radius 2 is 1.90 bits per heavy atom. The van der Waals surface area contributed by atoms with Crippen LogP contribution in [0.15, 0.2) is 48.7 Å². The second kappa shape index (κ2) is 7.19. The number of amides is 1. The van der Waals surface area contributed by atoms with Crippen molar-refractivity contribution in [3.05, 3.63) is 59.9 Å². The van der Waals surface area contributed by atoms with Gasteiger partial charge in [0.2, 0.25) is 5.91 Å². The molecule has 1 N–H and O–H groups in total. The molecular weight excluding hydrogens is 268 g/mol. The van der Waals surface area contributed by atoms with Crippen molar-refractivity contribution in [2.45, 2.75) is 12.8 Å². The zero-order valence-electron chi connectivity index (χ0n) is 11.7. The van der Waals surface area contributed by atoms with E-state index in [0.717, 1.165) is 5.69 Å². The number of esters is 1. The van der Waals surface area contributed by atoms with E-state index < -0.39 is 5.97 Å². The number of pyridine rings is 1. The first-order chi connectivity index (χ1) is 10.2. The number of hydrogen-bond donors (Lipinski definition) is 1. The Kier molecular flexibility index (Phi) is 5.04. The number of anilines is 1. The zero-order valence-corrected chi connectivity index (χ0v) is 11.7. The molecule has 2 aromatic rings. The van der Waals surface area contributed by atoms with Crippen LogP contribution in [0.4, 0.5) is 5.69 Å². The Hall–Kier alpha value is -2.69. The summed E-state index contributed by atoms with van der Waals surface area (Å²) in [5.41, 5.74) is 1.98. The van der Waals surface area contributed by atoms with Gasteiger partial charge in [0.25, 0.3) is 0 Å². The third-order valence-electron chi connectivity index (χ3n) is 2.92. The van der Waals surface area contributed by atoms with Gasteiger partial charge in [-0.1, -0.05) is 6.07 Å². The van der Waals surface area contributed by atoms with Gasteiger partial charge in [0.15, 0.2) is 0 Å². The van der Waals surface area contributed by atoms with Crippen LogP contribution in [-0.4, -0.2) is 24.0 Å². The van der Waals surface area contributed by atoms with Crippen LogP contribution in [0.3, 0.4) is 0 Å². The van der Waals surface area contributed by atoms with Crippen molar-refractivity contribution in [2.75, 3.05) is 12.4 Å². The molecule has 0 aliphatic carbocycles. The third-order valence-corrected chi connectivity index (χ3v) is 2.92. The fraction of sp³-hybridized carbons (Fsp3) is 0.188. The van der Waals surface area contributed by atoms with E-state index in [1.54, 1.807) is 30.5 Å². The van der Waals surface area contributed by atoms with Crippen LogP contribution in [0.1, 0.15) is 22.5 Å². The third kappa shape index (κ3) is 4.42. The van der Waals surface area contributed by atoms with E-state index in [1.165, 1.54) is 7.11 Å². The Balaban J connectivity index is 1.86. The molecule has 0 fully saturated rings. The molecule has 0 spiro atoms. The van der Waals surface area contributed by atoms with Gasteiger partial charge in [-0.3, -0.25) is 9.78 Å². The van der Waals surface area contributed by atoms with Gasteiger partial charge in [-0.2, -0.15) is 0 Å². The largest absolute Gasteiger partial charge is 0.465 e. The summed E-state index contributed by atoms with van der Waals surface area (Å²) in [5, 5.41) is 2.78. The van der Waals surface area contributed by atoms with Crippen LogP contribution in [0.25, 0.3) is 0 Å². The Morgan fingerprint density at radius 3 is 2.52 bits per heavy atom. The van der Waals surface area contributed by atoms with Crippen LogP contribution < -0.4 is 5.32 Å². The molecule has 0 aliphatic heterocycles. The lowest BCUT2D eigenvalue weighted by atomic mass is 10.2. The highest BCUT2D eigenvalue weighted by Crippen LogP contribution is 2.11. The summed E-state index contributed by atoms with van der Waals surface area (Å²) in [6, 6.07) is 12.2. The highest BCUT2D eigenvalue weighted by molar-refractivity contribution is 5.93. The lowest BCUT2D eigenvalue weighted by molar-refractivity contribution is -0.116. The predicted molar refractivity (Wildman–Crippen MR) is 79.0 cm³/mol. The van der Waals surface area contributed by atoms with Gasteiger partial charge in [0, 0.05) is 24.0 Å². The molecule has 0 atom stereocenters. The van der Waals surface area contributed by atoms with Gasteiger partial charge in [0.05, 0.1) is 12.7 Å². The average Bonchev–Trinajstić information content (AvgIpc) is 2.54. The van der Waals surface area contributed by atoms with Crippen molar-refractivity contribution < 1.29 is 14.3 Å². The molecule has 5 nitrogen and oxygen atoms in total. The number of hydrogen-bond acceptors (Lipinski definition) is 4. The normalized spacial score (nSPS) is 9.95. The Morgan fingerprint density at radius 1 is 1.14 bits per heavy atom. The Bertz CT molecular complexity index is 609. The second-order valence-corrected chi connectivity index (χ2v) is 4.44. The molecule has 1 heterocycles. The van der Waals surface area contributed by atoms with Crippen LogP contribution in [0, 0.1) is 0 Å². The number of rotatable bonds is 5. The second-order valence-electron chi connectivity index (χ2n) is 4.44. The van der Waals surface area contributed by atoms with E-state index in [2.05, 4.69) is 15.0 Å². The molecule has 1 amide bonds. The van der Waals surface area contributed by atoms with E-state index in [1.807, 2.05) is 18.2 Å². The summed E-state index contributed by atoms with van der Waals surface area (Å²) in [4.78, 5) is 27.3. The summed E-state index contributed by atoms with van der Waals surface area (Å²) in [7, 11) is 1.33. The van der Waals surface area contributed by atoms with E-state index in [-0.39, 0.29) is 5.91 Å². The summed E-state index contributed by atoms with van der Waals surface area (Å²) in [5.74, 6) is -0.491. The van der Waals surface area contributed by atoms with Crippen molar-refractivity contribution in [2.24, 2.45) is 0 Å². The van der Waals surface area contributed by atoms with Crippen LogP contribution in [-0.2, 0) is 16.0 Å². The van der Waals surface area contributed by atoms with Crippen molar-refractivity contribution in [1.29, 1.82) is 0 Å². The van der Waals surface area contributed by atoms with E-state index in [4.69, 9.17) is 0 Å². The Labute approximate surface area is 123 Å². The molecule has 0 saturated carbocycles. The van der Waals surface area contributed by atoms with Gasteiger partial charge in [0.1, 0.15) is 0 Å². The molecule has 21 heavy (non-hydrogen) atoms. The van der Waals surface area contributed by atoms with Crippen molar-refractivity contribution in [1.82, 2.24) is 4.98 Å². The maximum Gasteiger partial charge on any atom is 0.337 e. The standard InChI is InChI=1S/C16H16N2O3/c1-21-16(20)12-5-7-14(8-6-12)18-15(19)10-9-13-4-2-3-11-17-13/h2-8,11H,9-10H2,1H3,(H,18,19). The first-order valence-electron chi connectivity index (χ1n) is 6.57. The van der Waals surface area contributed by atoms with Crippen LogP contribution in [0.5, 0.6) is 0 Å². The fourth-order valence-corrected chi connectivity index (χ4v) is 1.82. The topological polar surface area (TPSA) is 68.3 Å². The number of aromatic nitrogens is 1. The number of carbonyl (C=O) groups is 2. The monoisotopic (exact) mass is 284 g/mol. The summed E-state index contributed by atoms with van der Waals surface area (Å²) < 4.78 is 4.61. The first kappa shape index (κ1) is 14.7. The fourth-order valence-electron chi connectivity index (χ4n) is 1.82. The maximum absolute atomic E-state index is 11.8. The summed E-state index contributed by atoms with van der Waals surface area (Å²) in [6.07, 6.45) is 2.65. The number of nitrogens with zero attached hydrogens (tertiary/aromatic N) is 1. The molecule has 0 bridgehead atoms. The minimum Gasteiger partial charge on any atom is -0.465 e. The number of nitrogens with one attached hydrogen (secondary N) is 1. The highest BCUT2D eigenvalue weighted by atomic mass is 16.5. The molecule has 0 saturated heterocycles. The molecule has 1 aromatic carbocycles. The van der Waals surface area contributed by atoms with Crippen molar-refractivity contribution in [3.63, 3.8) is 0 Å². The molecule has 0 radical (unpaired) electrons. The predicted octanol–water partition coefficient (Wildman–Crippen LogP) is 2.44. The molecular formula is C16H16N2O3. The number of ether oxygens (including phenoxy) is 1. The molecule has 2 rings (SSSR count). The summed E-state index contributed by atoms with van der Waals surface area (Å²) >= 11 is 0. The smallest absolute Gasteiger partial charge is 0.337 e. The average molecular weight is 284 g/mol. The molecule has 108 valence electrons. The highest BCUT2D eigenvalue weighted by Gasteiger charge is 2.06. The van der Waals surface area contributed by atoms with Gasteiger partial charge in [-0.25, -0.2) is 4.79 Å². The van der Waals surface area contributed by atoms with Crippen LogP contribution >= 0.6 is 0 Å². The number of benzene rings is 1. The summed E-state index contributed by atoms with van der Waals surface area (Å²) in [6.45, 7) is 0. The van der Waals surface area contributed by atoms with Gasteiger partial charge in [-0.05, 0) is 42.8 Å². The zero-order chi connectivity index (χ0) is 15.1. The SMILES string of the molecule is COC(=O)c1ccc(NC(=O)CCc2ccccn2)cc1. The minimum absolute atomic E-state index is 0.0912. The minimum atomic E-state index is -0.400. The number of carbonyl (C=O) groups excluding carboxylic acids is 2. The van der Waals surface area contributed by atoms with Gasteiger partial charge < -0.3 is 10.1 Å². The first-order valence-corrected chi connectivity index (χ1v) is 6.57. The number of aryl methyl sites for hydroxylation is 1. The molecule has 0 aliphatic rings. The lowest BCUT2D eigenvalue weighted by Gasteiger charge is -2.06. The molecule has 0 unspecified atom stereocenters. The van der Waals surface area contributed by atoms with Gasteiger partial charge >= 0.3 is 5.97 Å².